The highest BCUT2D eigenvalue weighted by molar-refractivity contribution is 5.32. The lowest BCUT2D eigenvalue weighted by molar-refractivity contribution is 0.0643. The van der Waals surface area contributed by atoms with E-state index in [0.29, 0.717) is 13.2 Å². The zero-order chi connectivity index (χ0) is 12.9. The normalized spacial score (nSPS) is 13.5. The Labute approximate surface area is 104 Å². The molecular formula is C14H23NO2. The predicted molar refractivity (Wildman–Crippen MR) is 70.5 cm³/mol. The van der Waals surface area contributed by atoms with Crippen LogP contribution in [-0.2, 0) is 10.2 Å². The van der Waals surface area contributed by atoms with Gasteiger partial charge >= 0.3 is 0 Å². The van der Waals surface area contributed by atoms with Gasteiger partial charge in [0.1, 0.15) is 18.5 Å². The van der Waals surface area contributed by atoms with Gasteiger partial charge in [-0.3, -0.25) is 0 Å². The van der Waals surface area contributed by atoms with E-state index >= 15 is 0 Å². The average molecular weight is 237 g/mol. The summed E-state index contributed by atoms with van der Waals surface area (Å²) in [4.78, 5) is 0. The highest BCUT2D eigenvalue weighted by Crippen LogP contribution is 2.25. The van der Waals surface area contributed by atoms with Crippen molar-refractivity contribution in [3.63, 3.8) is 0 Å². The van der Waals surface area contributed by atoms with E-state index in [9.17, 15) is 0 Å². The fourth-order valence-corrected chi connectivity index (χ4v) is 1.47. The predicted octanol–water partition coefficient (Wildman–Crippen LogP) is 2.34. The zero-order valence-corrected chi connectivity index (χ0v) is 11.2. The minimum atomic E-state index is -0.0479. The highest BCUT2D eigenvalue weighted by atomic mass is 16.5. The van der Waals surface area contributed by atoms with Crippen LogP contribution in [0.1, 0.15) is 26.3 Å². The Morgan fingerprint density at radius 3 is 2.53 bits per heavy atom. The summed E-state index contributed by atoms with van der Waals surface area (Å²) in [6.07, 6.45) is -0.0479. The van der Waals surface area contributed by atoms with E-state index in [0.717, 1.165) is 5.75 Å². The van der Waals surface area contributed by atoms with E-state index in [1.54, 1.807) is 7.11 Å². The van der Waals surface area contributed by atoms with Crippen LogP contribution < -0.4 is 10.5 Å². The number of methoxy groups -OCH3 is 1. The van der Waals surface area contributed by atoms with Crippen molar-refractivity contribution in [2.45, 2.75) is 32.3 Å². The first-order valence-corrected chi connectivity index (χ1v) is 5.93. The molecule has 1 atom stereocenters. The summed E-state index contributed by atoms with van der Waals surface area (Å²) in [5, 5.41) is 0. The molecule has 0 fully saturated rings. The number of benzene rings is 1. The number of nitrogens with two attached hydrogens (primary N) is 1. The van der Waals surface area contributed by atoms with Gasteiger partial charge in [0.15, 0.2) is 0 Å². The molecule has 0 aliphatic rings. The van der Waals surface area contributed by atoms with Crippen LogP contribution in [-0.4, -0.2) is 26.4 Å². The Hall–Kier alpha value is -1.06. The summed E-state index contributed by atoms with van der Waals surface area (Å²) in [5.41, 5.74) is 6.94. The van der Waals surface area contributed by atoms with Gasteiger partial charge in [-0.2, -0.15) is 0 Å². The summed E-state index contributed by atoms with van der Waals surface area (Å²) in [6.45, 7) is 7.51. The monoisotopic (exact) mass is 237 g/mol. The fraction of sp³-hybridized carbons (Fsp3) is 0.571. The molecule has 3 nitrogen and oxygen atoms in total. The number of hydrogen-bond donors (Lipinski definition) is 1. The Morgan fingerprint density at radius 1 is 1.29 bits per heavy atom. The van der Waals surface area contributed by atoms with Crippen molar-refractivity contribution >= 4 is 0 Å². The van der Waals surface area contributed by atoms with E-state index in [4.69, 9.17) is 15.2 Å². The highest BCUT2D eigenvalue weighted by Gasteiger charge is 2.14. The van der Waals surface area contributed by atoms with Crippen LogP contribution in [0.2, 0.25) is 0 Å². The first-order valence-electron chi connectivity index (χ1n) is 5.93. The van der Waals surface area contributed by atoms with E-state index < -0.39 is 0 Å². The van der Waals surface area contributed by atoms with Crippen molar-refractivity contribution in [3.05, 3.63) is 29.8 Å². The van der Waals surface area contributed by atoms with Gasteiger partial charge < -0.3 is 15.2 Å². The Bertz CT molecular complexity index is 340. The molecule has 3 heteroatoms. The standard InChI is InChI=1S/C14H23NO2/c1-14(2,3)11-6-5-7-12(8-11)17-10-13(9-15)16-4/h5-8,13H,9-10,15H2,1-4H3/t13-/m1/s1. The van der Waals surface area contributed by atoms with E-state index in [2.05, 4.69) is 32.9 Å². The molecule has 0 bridgehead atoms. The summed E-state index contributed by atoms with van der Waals surface area (Å²) in [6, 6.07) is 8.16. The van der Waals surface area contributed by atoms with Crippen molar-refractivity contribution in [2.24, 2.45) is 5.73 Å². The van der Waals surface area contributed by atoms with Crippen LogP contribution in [0.25, 0.3) is 0 Å². The van der Waals surface area contributed by atoms with Crippen LogP contribution in [0, 0.1) is 0 Å². The maximum atomic E-state index is 5.68. The molecule has 96 valence electrons. The number of ether oxygens (including phenoxy) is 2. The fourth-order valence-electron chi connectivity index (χ4n) is 1.47. The Kier molecular flexibility index (Phi) is 4.97. The van der Waals surface area contributed by atoms with Crippen molar-refractivity contribution in [1.82, 2.24) is 0 Å². The zero-order valence-electron chi connectivity index (χ0n) is 11.2. The van der Waals surface area contributed by atoms with E-state index in [1.165, 1.54) is 5.56 Å². The van der Waals surface area contributed by atoms with Crippen molar-refractivity contribution in [1.29, 1.82) is 0 Å². The van der Waals surface area contributed by atoms with Crippen LogP contribution in [0.3, 0.4) is 0 Å². The van der Waals surface area contributed by atoms with Gasteiger partial charge in [0, 0.05) is 13.7 Å². The Morgan fingerprint density at radius 2 is 2.00 bits per heavy atom. The molecule has 1 aromatic rings. The van der Waals surface area contributed by atoms with E-state index in [1.807, 2.05) is 12.1 Å². The molecule has 0 heterocycles. The second kappa shape index (κ2) is 6.03. The molecule has 0 saturated heterocycles. The largest absolute Gasteiger partial charge is 0.491 e. The number of hydrogen-bond acceptors (Lipinski definition) is 3. The molecule has 1 rings (SSSR count). The van der Waals surface area contributed by atoms with Crippen molar-refractivity contribution < 1.29 is 9.47 Å². The van der Waals surface area contributed by atoms with Crippen LogP contribution in [0.4, 0.5) is 0 Å². The van der Waals surface area contributed by atoms with Gasteiger partial charge in [-0.1, -0.05) is 32.9 Å². The lowest BCUT2D eigenvalue weighted by Crippen LogP contribution is -2.29. The molecule has 0 unspecified atom stereocenters. The van der Waals surface area contributed by atoms with Gasteiger partial charge in [-0.05, 0) is 23.1 Å². The molecule has 0 spiro atoms. The Balaban J connectivity index is 2.66. The van der Waals surface area contributed by atoms with Crippen LogP contribution >= 0.6 is 0 Å². The van der Waals surface area contributed by atoms with E-state index in [-0.39, 0.29) is 11.5 Å². The smallest absolute Gasteiger partial charge is 0.119 e. The molecule has 1 aromatic carbocycles. The summed E-state index contributed by atoms with van der Waals surface area (Å²) in [7, 11) is 1.65. The molecule has 0 aliphatic carbocycles. The lowest BCUT2D eigenvalue weighted by atomic mass is 9.87. The molecular weight excluding hydrogens is 214 g/mol. The number of rotatable bonds is 5. The molecule has 0 aliphatic heterocycles. The van der Waals surface area contributed by atoms with Gasteiger partial charge in [0.25, 0.3) is 0 Å². The second-order valence-electron chi connectivity index (χ2n) is 5.18. The van der Waals surface area contributed by atoms with Crippen molar-refractivity contribution in [2.75, 3.05) is 20.3 Å². The van der Waals surface area contributed by atoms with Crippen LogP contribution in [0.5, 0.6) is 5.75 Å². The quantitative estimate of drug-likeness (QED) is 0.855. The molecule has 0 aromatic heterocycles. The third-order valence-electron chi connectivity index (χ3n) is 2.73. The third-order valence-corrected chi connectivity index (χ3v) is 2.73. The second-order valence-corrected chi connectivity index (χ2v) is 5.18. The topological polar surface area (TPSA) is 44.5 Å². The first kappa shape index (κ1) is 14.0. The average Bonchev–Trinajstić information content (AvgIpc) is 2.30. The van der Waals surface area contributed by atoms with Crippen molar-refractivity contribution in [3.8, 4) is 5.75 Å². The molecule has 0 radical (unpaired) electrons. The third kappa shape index (κ3) is 4.36. The van der Waals surface area contributed by atoms with Crippen LogP contribution in [0.15, 0.2) is 24.3 Å². The minimum Gasteiger partial charge on any atom is -0.491 e. The molecule has 0 amide bonds. The van der Waals surface area contributed by atoms with Gasteiger partial charge in [-0.15, -0.1) is 0 Å². The molecule has 17 heavy (non-hydrogen) atoms. The summed E-state index contributed by atoms with van der Waals surface area (Å²) >= 11 is 0. The summed E-state index contributed by atoms with van der Waals surface area (Å²) < 4.78 is 10.8. The molecule has 2 N–H and O–H groups in total. The summed E-state index contributed by atoms with van der Waals surface area (Å²) in [5.74, 6) is 0.868. The molecule has 0 saturated carbocycles. The van der Waals surface area contributed by atoms with Gasteiger partial charge in [0.05, 0.1) is 0 Å². The minimum absolute atomic E-state index is 0.0479. The van der Waals surface area contributed by atoms with Gasteiger partial charge in [-0.25, -0.2) is 0 Å². The lowest BCUT2D eigenvalue weighted by Gasteiger charge is -2.20. The SMILES string of the molecule is CO[C@H](CN)COc1cccc(C(C)(C)C)c1. The maximum Gasteiger partial charge on any atom is 0.119 e. The maximum absolute atomic E-state index is 5.68. The van der Waals surface area contributed by atoms with Gasteiger partial charge in [0.2, 0.25) is 0 Å². The first-order chi connectivity index (χ1) is 7.97.